The summed E-state index contributed by atoms with van der Waals surface area (Å²) in [4.78, 5) is 0. The number of hydrogen-bond acceptors (Lipinski definition) is 1. The van der Waals surface area contributed by atoms with Crippen molar-refractivity contribution in [3.63, 3.8) is 0 Å². The predicted octanol–water partition coefficient (Wildman–Crippen LogP) is 2.88. The van der Waals surface area contributed by atoms with E-state index in [-0.39, 0.29) is 5.41 Å². The van der Waals surface area contributed by atoms with E-state index in [2.05, 4.69) is 38.1 Å². The average molecular weight is 203 g/mol. The molecule has 1 nitrogen and oxygen atoms in total. The van der Waals surface area contributed by atoms with Gasteiger partial charge in [0.1, 0.15) is 0 Å². The van der Waals surface area contributed by atoms with Gasteiger partial charge in [0.25, 0.3) is 0 Å². The summed E-state index contributed by atoms with van der Waals surface area (Å²) in [5, 5.41) is 0. The molecule has 2 rings (SSSR count). The summed E-state index contributed by atoms with van der Waals surface area (Å²) in [5.74, 6) is 0.722. The highest BCUT2D eigenvalue weighted by atomic mass is 14.6. The van der Waals surface area contributed by atoms with Gasteiger partial charge in [-0.25, -0.2) is 0 Å². The van der Waals surface area contributed by atoms with Crippen molar-refractivity contribution in [2.45, 2.75) is 38.5 Å². The van der Waals surface area contributed by atoms with Crippen LogP contribution < -0.4 is 5.73 Å². The topological polar surface area (TPSA) is 26.0 Å². The minimum absolute atomic E-state index is 0.269. The number of fused-ring (bicyclic) bond motifs is 1. The van der Waals surface area contributed by atoms with Crippen LogP contribution in [-0.4, -0.2) is 6.54 Å². The van der Waals surface area contributed by atoms with E-state index < -0.39 is 0 Å². The van der Waals surface area contributed by atoms with Gasteiger partial charge in [-0.2, -0.15) is 0 Å². The first-order chi connectivity index (χ1) is 7.18. The molecule has 82 valence electrons. The monoisotopic (exact) mass is 203 g/mol. The van der Waals surface area contributed by atoms with Crippen molar-refractivity contribution < 1.29 is 0 Å². The molecule has 15 heavy (non-hydrogen) atoms. The maximum absolute atomic E-state index is 6.03. The summed E-state index contributed by atoms with van der Waals surface area (Å²) in [6.07, 6.45) is 3.67. The number of hydrogen-bond donors (Lipinski definition) is 1. The van der Waals surface area contributed by atoms with Crippen LogP contribution in [0.25, 0.3) is 0 Å². The second kappa shape index (κ2) is 3.97. The van der Waals surface area contributed by atoms with Gasteiger partial charge in [0, 0.05) is 12.0 Å². The molecule has 1 aliphatic carbocycles. The van der Waals surface area contributed by atoms with E-state index in [1.54, 1.807) is 0 Å². The smallest absolute Gasteiger partial charge is 0.00838 e. The van der Waals surface area contributed by atoms with Gasteiger partial charge in [-0.3, -0.25) is 0 Å². The first-order valence-electron chi connectivity index (χ1n) is 5.96. The van der Waals surface area contributed by atoms with Gasteiger partial charge in [-0.1, -0.05) is 38.1 Å². The van der Waals surface area contributed by atoms with E-state index in [4.69, 9.17) is 5.73 Å². The zero-order valence-electron chi connectivity index (χ0n) is 9.79. The van der Waals surface area contributed by atoms with Gasteiger partial charge < -0.3 is 5.73 Å². The zero-order valence-corrected chi connectivity index (χ0v) is 9.79. The Bertz CT molecular complexity index is 343. The van der Waals surface area contributed by atoms with Crippen LogP contribution in [0.3, 0.4) is 0 Å². The Morgan fingerprint density at radius 1 is 1.33 bits per heavy atom. The Labute approximate surface area is 92.7 Å². The molecule has 1 aromatic carbocycles. The van der Waals surface area contributed by atoms with Crippen molar-refractivity contribution in [3.8, 4) is 0 Å². The van der Waals surface area contributed by atoms with Gasteiger partial charge in [-0.15, -0.1) is 0 Å². The molecule has 1 atom stereocenters. The highest BCUT2D eigenvalue weighted by Gasteiger charge is 2.37. The number of rotatable bonds is 3. The molecule has 0 aliphatic heterocycles. The maximum atomic E-state index is 6.03. The molecule has 0 heterocycles. The largest absolute Gasteiger partial charge is 0.330 e. The van der Waals surface area contributed by atoms with Crippen molar-refractivity contribution in [1.82, 2.24) is 0 Å². The normalized spacial score (nSPS) is 24.5. The van der Waals surface area contributed by atoms with Crippen LogP contribution in [0.15, 0.2) is 24.3 Å². The second-order valence-electron chi connectivity index (χ2n) is 5.24. The second-order valence-corrected chi connectivity index (χ2v) is 5.24. The van der Waals surface area contributed by atoms with Crippen LogP contribution in [-0.2, 0) is 11.8 Å². The van der Waals surface area contributed by atoms with Crippen LogP contribution in [0.5, 0.6) is 0 Å². The van der Waals surface area contributed by atoms with Crippen LogP contribution in [0.2, 0.25) is 0 Å². The van der Waals surface area contributed by atoms with Gasteiger partial charge in [0.05, 0.1) is 0 Å². The van der Waals surface area contributed by atoms with Gasteiger partial charge in [0.2, 0.25) is 0 Å². The van der Waals surface area contributed by atoms with E-state index in [9.17, 15) is 0 Å². The predicted molar refractivity (Wildman–Crippen MR) is 65.0 cm³/mol. The molecule has 1 aromatic rings. The third-order valence-electron chi connectivity index (χ3n) is 3.65. The molecule has 2 N–H and O–H groups in total. The third-order valence-corrected chi connectivity index (χ3v) is 3.65. The standard InChI is InChI=1S/C14H21N/c1-11(2)9-14(10-15)8-7-12-5-3-4-6-13(12)14/h3-6,11H,7-10,15H2,1-2H3. The lowest BCUT2D eigenvalue weighted by Gasteiger charge is -2.30. The number of nitrogens with two attached hydrogens (primary N) is 1. The summed E-state index contributed by atoms with van der Waals surface area (Å²) in [7, 11) is 0. The fourth-order valence-electron chi connectivity index (χ4n) is 3.05. The van der Waals surface area contributed by atoms with Crippen LogP contribution in [0.4, 0.5) is 0 Å². The summed E-state index contributed by atoms with van der Waals surface area (Å²) in [6, 6.07) is 8.82. The first-order valence-corrected chi connectivity index (χ1v) is 5.96. The Balaban J connectivity index is 2.36. The highest BCUT2D eigenvalue weighted by Crippen LogP contribution is 2.42. The summed E-state index contributed by atoms with van der Waals surface area (Å²) in [6.45, 7) is 5.37. The Hall–Kier alpha value is -0.820. The fourth-order valence-corrected chi connectivity index (χ4v) is 3.05. The molecule has 0 spiro atoms. The molecule has 0 radical (unpaired) electrons. The highest BCUT2D eigenvalue weighted by molar-refractivity contribution is 5.39. The Kier molecular flexibility index (Phi) is 2.83. The Morgan fingerprint density at radius 2 is 2.07 bits per heavy atom. The molecule has 0 aromatic heterocycles. The summed E-state index contributed by atoms with van der Waals surface area (Å²) < 4.78 is 0. The number of benzene rings is 1. The molecule has 0 saturated heterocycles. The fraction of sp³-hybridized carbons (Fsp3) is 0.571. The molecule has 0 bridgehead atoms. The molecular weight excluding hydrogens is 182 g/mol. The molecule has 0 fully saturated rings. The van der Waals surface area contributed by atoms with Gasteiger partial charge in [0.15, 0.2) is 0 Å². The first kappa shape index (κ1) is 10.7. The van der Waals surface area contributed by atoms with Crippen molar-refractivity contribution in [1.29, 1.82) is 0 Å². The van der Waals surface area contributed by atoms with Gasteiger partial charge in [-0.05, 0) is 36.3 Å². The zero-order chi connectivity index (χ0) is 10.9. The van der Waals surface area contributed by atoms with Crippen LogP contribution in [0.1, 0.15) is 37.8 Å². The lowest BCUT2D eigenvalue weighted by atomic mass is 9.75. The third kappa shape index (κ3) is 1.81. The lowest BCUT2D eigenvalue weighted by molar-refractivity contribution is 0.345. The minimum atomic E-state index is 0.269. The minimum Gasteiger partial charge on any atom is -0.330 e. The lowest BCUT2D eigenvalue weighted by Crippen LogP contribution is -2.34. The molecule has 1 aliphatic rings. The van der Waals surface area contributed by atoms with Crippen molar-refractivity contribution in [3.05, 3.63) is 35.4 Å². The van der Waals surface area contributed by atoms with Crippen molar-refractivity contribution in [2.24, 2.45) is 11.7 Å². The molecule has 0 amide bonds. The molecular formula is C14H21N. The van der Waals surface area contributed by atoms with E-state index in [0.29, 0.717) is 0 Å². The molecule has 0 saturated carbocycles. The average Bonchev–Trinajstić information content (AvgIpc) is 2.58. The number of aryl methyl sites for hydroxylation is 1. The van der Waals surface area contributed by atoms with E-state index in [1.807, 2.05) is 0 Å². The van der Waals surface area contributed by atoms with E-state index in [0.717, 1.165) is 12.5 Å². The van der Waals surface area contributed by atoms with Gasteiger partial charge >= 0.3 is 0 Å². The quantitative estimate of drug-likeness (QED) is 0.803. The summed E-state index contributed by atoms with van der Waals surface area (Å²) >= 11 is 0. The van der Waals surface area contributed by atoms with Crippen molar-refractivity contribution >= 4 is 0 Å². The molecule has 1 heteroatoms. The van der Waals surface area contributed by atoms with E-state index >= 15 is 0 Å². The van der Waals surface area contributed by atoms with Crippen molar-refractivity contribution in [2.75, 3.05) is 6.54 Å². The Morgan fingerprint density at radius 3 is 2.73 bits per heavy atom. The van der Waals surface area contributed by atoms with Crippen LogP contribution in [0, 0.1) is 5.92 Å². The molecule has 1 unspecified atom stereocenters. The van der Waals surface area contributed by atoms with Crippen LogP contribution >= 0.6 is 0 Å². The summed E-state index contributed by atoms with van der Waals surface area (Å²) in [5.41, 5.74) is 9.33. The maximum Gasteiger partial charge on any atom is 0.00838 e. The van der Waals surface area contributed by atoms with E-state index in [1.165, 1.54) is 30.4 Å². The SMILES string of the molecule is CC(C)CC1(CN)CCc2ccccc21.